The normalized spacial score (nSPS) is 10.1. The number of ether oxygens (including phenoxy) is 1. The Bertz CT molecular complexity index is 502. The molecule has 0 bridgehead atoms. The van der Waals surface area contributed by atoms with Crippen LogP contribution in [0.1, 0.15) is 5.56 Å². The van der Waals surface area contributed by atoms with E-state index in [-0.39, 0.29) is 0 Å². The molecule has 0 spiro atoms. The molecule has 0 radical (unpaired) electrons. The molecule has 0 amide bonds. The van der Waals surface area contributed by atoms with Crippen LogP contribution in [0.2, 0.25) is 0 Å². The molecule has 0 saturated carbocycles. The average molecular weight is 261 g/mol. The number of hydrazine groups is 1. The van der Waals surface area contributed by atoms with E-state index in [1.807, 2.05) is 36.4 Å². The first-order valence-corrected chi connectivity index (χ1v) is 6.49. The van der Waals surface area contributed by atoms with Gasteiger partial charge in [-0.25, -0.2) is 10.8 Å². The monoisotopic (exact) mass is 261 g/mol. The largest absolute Gasteiger partial charge is 0.497 e. The zero-order valence-electron chi connectivity index (χ0n) is 10.1. The van der Waals surface area contributed by atoms with Gasteiger partial charge in [0.2, 0.25) is 0 Å². The maximum absolute atomic E-state index is 5.32. The molecule has 5 heteroatoms. The molecule has 1 heterocycles. The van der Waals surface area contributed by atoms with Crippen molar-refractivity contribution in [3.05, 3.63) is 48.2 Å². The van der Waals surface area contributed by atoms with Crippen LogP contribution < -0.4 is 16.0 Å². The number of nitrogens with one attached hydrogen (secondary N) is 1. The number of methoxy groups -OCH3 is 1. The maximum Gasteiger partial charge on any atom is 0.140 e. The predicted octanol–water partition coefficient (Wildman–Crippen LogP) is 2.67. The smallest absolute Gasteiger partial charge is 0.140 e. The Morgan fingerprint density at radius 3 is 2.72 bits per heavy atom. The Balaban J connectivity index is 1.97. The SMILES string of the molecule is COc1ccc(SCc2ccnc(NN)c2)cc1. The van der Waals surface area contributed by atoms with Crippen LogP contribution in [-0.2, 0) is 5.75 Å². The van der Waals surface area contributed by atoms with Gasteiger partial charge < -0.3 is 10.2 Å². The first-order valence-electron chi connectivity index (χ1n) is 5.50. The van der Waals surface area contributed by atoms with Gasteiger partial charge in [-0.2, -0.15) is 0 Å². The Kier molecular flexibility index (Phi) is 4.44. The lowest BCUT2D eigenvalue weighted by Gasteiger charge is -2.05. The van der Waals surface area contributed by atoms with Gasteiger partial charge in [0.05, 0.1) is 7.11 Å². The Labute approximate surface area is 111 Å². The number of benzene rings is 1. The van der Waals surface area contributed by atoms with Crippen molar-refractivity contribution in [2.45, 2.75) is 10.6 Å². The molecule has 0 aliphatic heterocycles. The molecule has 0 unspecified atom stereocenters. The topological polar surface area (TPSA) is 60.2 Å². The molecule has 94 valence electrons. The summed E-state index contributed by atoms with van der Waals surface area (Å²) in [5.41, 5.74) is 3.72. The fourth-order valence-electron chi connectivity index (χ4n) is 1.48. The zero-order valence-corrected chi connectivity index (χ0v) is 10.9. The van der Waals surface area contributed by atoms with Gasteiger partial charge in [0.15, 0.2) is 0 Å². The van der Waals surface area contributed by atoms with Crippen molar-refractivity contribution >= 4 is 17.6 Å². The number of thioether (sulfide) groups is 1. The minimum absolute atomic E-state index is 0.683. The van der Waals surface area contributed by atoms with Crippen molar-refractivity contribution in [2.24, 2.45) is 5.84 Å². The van der Waals surface area contributed by atoms with Crippen molar-refractivity contribution in [1.29, 1.82) is 0 Å². The quantitative estimate of drug-likeness (QED) is 0.492. The van der Waals surface area contributed by atoms with Gasteiger partial charge in [-0.1, -0.05) is 0 Å². The van der Waals surface area contributed by atoms with Crippen LogP contribution in [0.4, 0.5) is 5.82 Å². The second kappa shape index (κ2) is 6.28. The van der Waals surface area contributed by atoms with E-state index in [0.29, 0.717) is 5.82 Å². The molecular formula is C13H15N3OS. The molecule has 3 N–H and O–H groups in total. The number of aromatic nitrogens is 1. The molecule has 2 rings (SSSR count). The van der Waals surface area contributed by atoms with E-state index in [4.69, 9.17) is 10.6 Å². The van der Waals surface area contributed by atoms with Gasteiger partial charge in [0.1, 0.15) is 11.6 Å². The Morgan fingerprint density at radius 1 is 1.28 bits per heavy atom. The van der Waals surface area contributed by atoms with Crippen molar-refractivity contribution in [1.82, 2.24) is 4.98 Å². The average Bonchev–Trinajstić information content (AvgIpc) is 2.46. The summed E-state index contributed by atoms with van der Waals surface area (Å²) in [6.45, 7) is 0. The molecule has 1 aromatic heterocycles. The summed E-state index contributed by atoms with van der Waals surface area (Å²) in [6, 6.07) is 11.9. The number of hydrogen-bond donors (Lipinski definition) is 2. The number of anilines is 1. The lowest BCUT2D eigenvalue weighted by molar-refractivity contribution is 0.414. The third kappa shape index (κ3) is 3.38. The summed E-state index contributed by atoms with van der Waals surface area (Å²) in [5.74, 6) is 7.76. The highest BCUT2D eigenvalue weighted by Crippen LogP contribution is 2.25. The summed E-state index contributed by atoms with van der Waals surface area (Å²) in [5, 5.41) is 0. The van der Waals surface area contributed by atoms with Crippen molar-refractivity contribution in [3.63, 3.8) is 0 Å². The molecule has 0 atom stereocenters. The highest BCUT2D eigenvalue weighted by molar-refractivity contribution is 7.98. The van der Waals surface area contributed by atoms with E-state index < -0.39 is 0 Å². The molecule has 0 aliphatic carbocycles. The van der Waals surface area contributed by atoms with Gasteiger partial charge in [-0.3, -0.25) is 0 Å². The molecule has 18 heavy (non-hydrogen) atoms. The van der Waals surface area contributed by atoms with Crippen LogP contribution in [0.3, 0.4) is 0 Å². The lowest BCUT2D eigenvalue weighted by atomic mass is 10.3. The van der Waals surface area contributed by atoms with E-state index in [9.17, 15) is 0 Å². The predicted molar refractivity (Wildman–Crippen MR) is 74.6 cm³/mol. The summed E-state index contributed by atoms with van der Waals surface area (Å²) in [6.07, 6.45) is 1.75. The molecule has 2 aromatic rings. The lowest BCUT2D eigenvalue weighted by Crippen LogP contribution is -2.08. The van der Waals surface area contributed by atoms with Crippen LogP contribution >= 0.6 is 11.8 Å². The summed E-state index contributed by atoms with van der Waals surface area (Å²) in [7, 11) is 1.67. The van der Waals surface area contributed by atoms with Gasteiger partial charge in [-0.15, -0.1) is 11.8 Å². The van der Waals surface area contributed by atoms with E-state index in [0.717, 1.165) is 11.5 Å². The van der Waals surface area contributed by atoms with E-state index >= 15 is 0 Å². The van der Waals surface area contributed by atoms with E-state index in [1.165, 1.54) is 10.5 Å². The summed E-state index contributed by atoms with van der Waals surface area (Å²) < 4.78 is 5.12. The van der Waals surface area contributed by atoms with Gasteiger partial charge in [0, 0.05) is 16.8 Å². The second-order valence-corrected chi connectivity index (χ2v) is 4.71. The maximum atomic E-state index is 5.32. The number of hydrogen-bond acceptors (Lipinski definition) is 5. The Morgan fingerprint density at radius 2 is 2.06 bits per heavy atom. The molecule has 0 fully saturated rings. The zero-order chi connectivity index (χ0) is 12.8. The number of pyridine rings is 1. The molecular weight excluding hydrogens is 246 g/mol. The number of nitrogens with zero attached hydrogens (tertiary/aromatic N) is 1. The van der Waals surface area contributed by atoms with Gasteiger partial charge in [-0.05, 0) is 42.0 Å². The fourth-order valence-corrected chi connectivity index (χ4v) is 2.32. The molecule has 0 saturated heterocycles. The van der Waals surface area contributed by atoms with Gasteiger partial charge in [0.25, 0.3) is 0 Å². The minimum atomic E-state index is 0.683. The first-order chi connectivity index (χ1) is 8.81. The molecule has 1 aromatic carbocycles. The standard InChI is InChI=1S/C13H15N3OS/c1-17-11-2-4-12(5-3-11)18-9-10-6-7-15-13(8-10)16-14/h2-8H,9,14H2,1H3,(H,15,16). The highest BCUT2D eigenvalue weighted by atomic mass is 32.2. The van der Waals surface area contributed by atoms with Gasteiger partial charge >= 0.3 is 0 Å². The number of nitrogens with two attached hydrogens (primary N) is 1. The molecule has 0 aliphatic rings. The fraction of sp³-hybridized carbons (Fsp3) is 0.154. The van der Waals surface area contributed by atoms with Crippen LogP contribution in [-0.4, -0.2) is 12.1 Å². The molecule has 4 nitrogen and oxygen atoms in total. The third-order valence-corrected chi connectivity index (χ3v) is 3.52. The number of rotatable bonds is 5. The highest BCUT2D eigenvalue weighted by Gasteiger charge is 1.99. The van der Waals surface area contributed by atoms with Crippen LogP contribution in [0.15, 0.2) is 47.5 Å². The van der Waals surface area contributed by atoms with Crippen molar-refractivity contribution in [3.8, 4) is 5.75 Å². The second-order valence-electron chi connectivity index (χ2n) is 3.66. The summed E-state index contributed by atoms with van der Waals surface area (Å²) >= 11 is 1.76. The first kappa shape index (κ1) is 12.7. The van der Waals surface area contributed by atoms with E-state index in [1.54, 1.807) is 25.1 Å². The van der Waals surface area contributed by atoms with E-state index in [2.05, 4.69) is 10.4 Å². The number of nitrogen functional groups attached to an aromatic ring is 1. The van der Waals surface area contributed by atoms with Crippen molar-refractivity contribution in [2.75, 3.05) is 12.5 Å². The van der Waals surface area contributed by atoms with Crippen LogP contribution in [0.5, 0.6) is 5.75 Å². The van der Waals surface area contributed by atoms with Crippen LogP contribution in [0.25, 0.3) is 0 Å². The van der Waals surface area contributed by atoms with Crippen LogP contribution in [0, 0.1) is 0 Å². The van der Waals surface area contributed by atoms with Crippen molar-refractivity contribution < 1.29 is 4.74 Å². The minimum Gasteiger partial charge on any atom is -0.497 e. The summed E-state index contributed by atoms with van der Waals surface area (Å²) in [4.78, 5) is 5.28. The third-order valence-electron chi connectivity index (χ3n) is 2.44. The Hall–Kier alpha value is -1.72.